The van der Waals surface area contributed by atoms with E-state index in [0.29, 0.717) is 0 Å². The maximum Gasteiger partial charge on any atom is 0.412 e. The zero-order valence-corrected chi connectivity index (χ0v) is 10.3. The molecule has 2 rings (SSSR count). The summed E-state index contributed by atoms with van der Waals surface area (Å²) in [4.78, 5) is 19.1. The molecule has 8 heteroatoms. The van der Waals surface area contributed by atoms with Gasteiger partial charge in [-0.1, -0.05) is 6.07 Å². The first-order valence-corrected chi connectivity index (χ1v) is 5.57. The molecule has 0 aliphatic rings. The fourth-order valence-corrected chi connectivity index (χ4v) is 1.62. The molecule has 1 N–H and O–H groups in total. The third-order valence-electron chi connectivity index (χ3n) is 2.57. The molecule has 1 atom stereocenters. The van der Waals surface area contributed by atoms with Crippen molar-refractivity contribution in [1.82, 2.24) is 15.3 Å². The number of aryl methyl sites for hydroxylation is 1. The van der Waals surface area contributed by atoms with Crippen molar-refractivity contribution in [2.24, 2.45) is 0 Å². The SMILES string of the molecule is Cc1ncoc1C(=O)N[C@H](c1cccnc1)C(F)(F)F. The number of nitrogens with one attached hydrogen (secondary N) is 1. The highest BCUT2D eigenvalue weighted by Crippen LogP contribution is 2.32. The van der Waals surface area contributed by atoms with E-state index in [9.17, 15) is 18.0 Å². The summed E-state index contributed by atoms with van der Waals surface area (Å²) in [5.74, 6) is -1.23. The average Bonchev–Trinajstić information content (AvgIpc) is 2.82. The second-order valence-corrected chi connectivity index (χ2v) is 4.00. The van der Waals surface area contributed by atoms with Gasteiger partial charge in [0.05, 0.1) is 5.69 Å². The highest BCUT2D eigenvalue weighted by Gasteiger charge is 2.42. The molecule has 5 nitrogen and oxygen atoms in total. The quantitative estimate of drug-likeness (QED) is 0.940. The van der Waals surface area contributed by atoms with Crippen molar-refractivity contribution in [2.75, 3.05) is 0 Å². The Hall–Kier alpha value is -2.38. The highest BCUT2D eigenvalue weighted by atomic mass is 19.4. The van der Waals surface area contributed by atoms with Crippen molar-refractivity contribution in [2.45, 2.75) is 19.1 Å². The van der Waals surface area contributed by atoms with Crippen LogP contribution >= 0.6 is 0 Å². The van der Waals surface area contributed by atoms with E-state index in [0.717, 1.165) is 12.6 Å². The minimum absolute atomic E-state index is 0.162. The number of pyridine rings is 1. The first-order chi connectivity index (χ1) is 9.39. The summed E-state index contributed by atoms with van der Waals surface area (Å²) < 4.78 is 43.8. The van der Waals surface area contributed by atoms with E-state index in [1.54, 1.807) is 0 Å². The summed E-state index contributed by atoms with van der Waals surface area (Å²) in [6, 6.07) is 0.437. The standard InChI is InChI=1S/C12H10F3N3O2/c1-7-9(20-6-17-7)11(19)18-10(12(13,14)15)8-3-2-4-16-5-8/h2-6,10H,1H3,(H,18,19)/t10-/m1/s1. The zero-order chi connectivity index (χ0) is 14.8. The van der Waals surface area contributed by atoms with Crippen LogP contribution in [0.4, 0.5) is 13.2 Å². The van der Waals surface area contributed by atoms with Crippen molar-refractivity contribution < 1.29 is 22.4 Å². The number of hydrogen-bond acceptors (Lipinski definition) is 4. The summed E-state index contributed by atoms with van der Waals surface area (Å²) >= 11 is 0. The van der Waals surface area contributed by atoms with Gasteiger partial charge in [0.1, 0.15) is 0 Å². The van der Waals surface area contributed by atoms with Crippen molar-refractivity contribution in [1.29, 1.82) is 0 Å². The predicted molar refractivity (Wildman–Crippen MR) is 61.7 cm³/mol. The molecular formula is C12H10F3N3O2. The minimum atomic E-state index is -4.65. The summed E-state index contributed by atoms with van der Waals surface area (Å²) in [7, 11) is 0. The van der Waals surface area contributed by atoms with Crippen LogP contribution in [0.2, 0.25) is 0 Å². The number of nitrogens with zero attached hydrogens (tertiary/aromatic N) is 2. The second kappa shape index (κ2) is 5.32. The van der Waals surface area contributed by atoms with E-state index in [1.807, 2.05) is 5.32 Å². The summed E-state index contributed by atoms with van der Waals surface area (Å²) in [6.07, 6.45) is -1.26. The van der Waals surface area contributed by atoms with Gasteiger partial charge < -0.3 is 9.73 Å². The zero-order valence-electron chi connectivity index (χ0n) is 10.3. The molecule has 2 aromatic rings. The molecule has 2 aromatic heterocycles. The molecule has 0 fully saturated rings. The van der Waals surface area contributed by atoms with Crippen LogP contribution in [0.15, 0.2) is 35.3 Å². The van der Waals surface area contributed by atoms with E-state index < -0.39 is 18.1 Å². The third-order valence-corrected chi connectivity index (χ3v) is 2.57. The van der Waals surface area contributed by atoms with Crippen LogP contribution in [0, 0.1) is 6.92 Å². The summed E-state index contributed by atoms with van der Waals surface area (Å²) in [5, 5.41) is 1.88. The van der Waals surface area contributed by atoms with Crippen LogP contribution in [0.3, 0.4) is 0 Å². The first-order valence-electron chi connectivity index (χ1n) is 5.57. The van der Waals surface area contributed by atoms with Gasteiger partial charge in [-0.25, -0.2) is 4.98 Å². The molecule has 2 heterocycles. The Morgan fingerprint density at radius 3 is 2.70 bits per heavy atom. The Bertz CT molecular complexity index is 595. The van der Waals surface area contributed by atoms with Gasteiger partial charge in [0.15, 0.2) is 12.4 Å². The molecule has 106 valence electrons. The number of alkyl halides is 3. The minimum Gasteiger partial charge on any atom is -0.438 e. The fraction of sp³-hybridized carbons (Fsp3) is 0.250. The van der Waals surface area contributed by atoms with Gasteiger partial charge in [-0.05, 0) is 13.0 Å². The lowest BCUT2D eigenvalue weighted by atomic mass is 10.1. The Balaban J connectivity index is 2.26. The van der Waals surface area contributed by atoms with E-state index in [-0.39, 0.29) is 17.0 Å². The van der Waals surface area contributed by atoms with Gasteiger partial charge in [0, 0.05) is 18.0 Å². The summed E-state index contributed by atoms with van der Waals surface area (Å²) in [5.41, 5.74) is 0.0557. The number of rotatable bonds is 3. The van der Waals surface area contributed by atoms with E-state index >= 15 is 0 Å². The lowest BCUT2D eigenvalue weighted by Crippen LogP contribution is -2.38. The molecule has 1 amide bonds. The third kappa shape index (κ3) is 2.95. The van der Waals surface area contributed by atoms with E-state index in [4.69, 9.17) is 4.42 Å². The Labute approximate surface area is 111 Å². The largest absolute Gasteiger partial charge is 0.438 e. The Morgan fingerprint density at radius 2 is 2.20 bits per heavy atom. The van der Waals surface area contributed by atoms with Gasteiger partial charge in [-0.15, -0.1) is 0 Å². The average molecular weight is 285 g/mol. The van der Waals surface area contributed by atoms with Gasteiger partial charge in [0.2, 0.25) is 5.76 Å². The topological polar surface area (TPSA) is 68.0 Å². The van der Waals surface area contributed by atoms with E-state index in [1.165, 1.54) is 25.3 Å². The predicted octanol–water partition coefficient (Wildman–Crippen LogP) is 2.41. The number of amides is 1. The van der Waals surface area contributed by atoms with Crippen molar-refractivity contribution in [3.63, 3.8) is 0 Å². The summed E-state index contributed by atoms with van der Waals surface area (Å²) in [6.45, 7) is 1.46. The number of halogens is 3. The lowest BCUT2D eigenvalue weighted by molar-refractivity contribution is -0.155. The number of aromatic nitrogens is 2. The number of oxazole rings is 1. The molecule has 0 aliphatic carbocycles. The van der Waals surface area contributed by atoms with Gasteiger partial charge in [-0.3, -0.25) is 9.78 Å². The molecule has 0 bridgehead atoms. The molecular weight excluding hydrogens is 275 g/mol. The van der Waals surface area contributed by atoms with Crippen LogP contribution in [0.1, 0.15) is 27.9 Å². The van der Waals surface area contributed by atoms with Crippen LogP contribution in [0.25, 0.3) is 0 Å². The van der Waals surface area contributed by atoms with Gasteiger partial charge in [0.25, 0.3) is 5.91 Å². The smallest absolute Gasteiger partial charge is 0.412 e. The van der Waals surface area contributed by atoms with Crippen LogP contribution in [0.5, 0.6) is 0 Å². The first kappa shape index (κ1) is 14.0. The van der Waals surface area contributed by atoms with Gasteiger partial charge >= 0.3 is 6.18 Å². The monoisotopic (exact) mass is 285 g/mol. The highest BCUT2D eigenvalue weighted by molar-refractivity contribution is 5.92. The number of carbonyl (C=O) groups excluding carboxylic acids is 1. The molecule has 0 spiro atoms. The second-order valence-electron chi connectivity index (χ2n) is 4.00. The van der Waals surface area contributed by atoms with Crippen LogP contribution < -0.4 is 5.32 Å². The number of hydrogen-bond donors (Lipinski definition) is 1. The van der Waals surface area contributed by atoms with Crippen molar-refractivity contribution in [3.05, 3.63) is 47.9 Å². The van der Waals surface area contributed by atoms with Crippen LogP contribution in [-0.4, -0.2) is 22.1 Å². The molecule has 0 aliphatic heterocycles. The molecule has 20 heavy (non-hydrogen) atoms. The van der Waals surface area contributed by atoms with Crippen LogP contribution in [-0.2, 0) is 0 Å². The lowest BCUT2D eigenvalue weighted by Gasteiger charge is -2.21. The molecule has 0 saturated heterocycles. The normalized spacial score (nSPS) is 13.0. The Kier molecular flexibility index (Phi) is 3.73. The van der Waals surface area contributed by atoms with Crippen molar-refractivity contribution in [3.8, 4) is 0 Å². The van der Waals surface area contributed by atoms with Gasteiger partial charge in [-0.2, -0.15) is 13.2 Å². The van der Waals surface area contributed by atoms with Crippen molar-refractivity contribution >= 4 is 5.91 Å². The Morgan fingerprint density at radius 1 is 1.45 bits per heavy atom. The van der Waals surface area contributed by atoms with E-state index in [2.05, 4.69) is 9.97 Å². The molecule has 0 radical (unpaired) electrons. The fourth-order valence-electron chi connectivity index (χ4n) is 1.62. The molecule has 0 aromatic carbocycles. The molecule has 0 unspecified atom stereocenters. The maximum atomic E-state index is 13.0. The molecule has 0 saturated carbocycles. The number of carbonyl (C=O) groups is 1. The maximum absolute atomic E-state index is 13.0.